The van der Waals surface area contributed by atoms with Gasteiger partial charge in [-0.3, -0.25) is 0 Å². The molecule has 1 N–H and O–H groups in total. The molecule has 0 aliphatic rings. The Morgan fingerprint density at radius 2 is 1.87 bits per heavy atom. The fourth-order valence-corrected chi connectivity index (χ4v) is 1.87. The predicted molar refractivity (Wildman–Crippen MR) is 64.0 cm³/mol. The molecular weight excluding hydrogens is 184 g/mol. The number of aliphatic hydroxyl groups is 1. The van der Waals surface area contributed by atoms with Crippen LogP contribution in [0, 0.1) is 0 Å². The summed E-state index contributed by atoms with van der Waals surface area (Å²) in [5.74, 6) is 0.0242. The van der Waals surface area contributed by atoms with Gasteiger partial charge >= 0.3 is 0 Å². The Balaban J connectivity index is 2.64. The lowest BCUT2D eigenvalue weighted by molar-refractivity contribution is 0.284. The molecule has 2 aromatic rings. The van der Waals surface area contributed by atoms with Crippen molar-refractivity contribution in [2.45, 2.75) is 5.92 Å². The average molecular weight is 198 g/mol. The third kappa shape index (κ3) is 1.79. The van der Waals surface area contributed by atoms with Crippen LogP contribution in [0.3, 0.4) is 0 Å². The van der Waals surface area contributed by atoms with Crippen LogP contribution >= 0.6 is 0 Å². The monoisotopic (exact) mass is 198 g/mol. The SMILES string of the molecule is C=CC(CO)c1cccc2ccccc12. The zero-order chi connectivity index (χ0) is 10.7. The van der Waals surface area contributed by atoms with Crippen LogP contribution in [-0.4, -0.2) is 11.7 Å². The smallest absolute Gasteiger partial charge is 0.0534 e. The topological polar surface area (TPSA) is 20.2 Å². The van der Waals surface area contributed by atoms with Gasteiger partial charge in [-0.05, 0) is 16.3 Å². The average Bonchev–Trinajstić information content (AvgIpc) is 2.31. The van der Waals surface area contributed by atoms with E-state index in [9.17, 15) is 5.11 Å². The first kappa shape index (κ1) is 9.94. The summed E-state index contributed by atoms with van der Waals surface area (Å²) in [5, 5.41) is 11.7. The van der Waals surface area contributed by atoms with Crippen molar-refractivity contribution in [1.29, 1.82) is 0 Å². The number of hydrogen-bond acceptors (Lipinski definition) is 1. The van der Waals surface area contributed by atoms with E-state index in [-0.39, 0.29) is 12.5 Å². The Hall–Kier alpha value is -1.60. The Bertz CT molecular complexity index is 468. The van der Waals surface area contributed by atoms with E-state index in [1.807, 2.05) is 24.3 Å². The van der Waals surface area contributed by atoms with E-state index in [2.05, 4.69) is 24.8 Å². The minimum atomic E-state index is 0.0242. The van der Waals surface area contributed by atoms with Crippen molar-refractivity contribution >= 4 is 10.8 Å². The fraction of sp³-hybridized carbons (Fsp3) is 0.143. The van der Waals surface area contributed by atoms with E-state index in [0.29, 0.717) is 0 Å². The molecule has 0 saturated carbocycles. The largest absolute Gasteiger partial charge is 0.395 e. The summed E-state index contributed by atoms with van der Waals surface area (Å²) in [6.45, 7) is 3.86. The first-order chi connectivity index (χ1) is 7.36. The van der Waals surface area contributed by atoms with Crippen molar-refractivity contribution in [1.82, 2.24) is 0 Å². The Labute approximate surface area is 89.7 Å². The van der Waals surface area contributed by atoms with Gasteiger partial charge in [0.25, 0.3) is 0 Å². The van der Waals surface area contributed by atoms with Crippen LogP contribution in [0.2, 0.25) is 0 Å². The van der Waals surface area contributed by atoms with Gasteiger partial charge in [-0.1, -0.05) is 48.5 Å². The maximum Gasteiger partial charge on any atom is 0.0534 e. The van der Waals surface area contributed by atoms with E-state index in [1.54, 1.807) is 6.08 Å². The molecule has 0 aromatic heterocycles. The Kier molecular flexibility index (Phi) is 2.84. The number of aliphatic hydroxyl groups excluding tert-OH is 1. The van der Waals surface area contributed by atoms with E-state index in [0.717, 1.165) is 5.56 Å². The molecule has 1 nitrogen and oxygen atoms in total. The minimum absolute atomic E-state index is 0.0242. The molecule has 0 spiro atoms. The maximum atomic E-state index is 9.27. The van der Waals surface area contributed by atoms with E-state index in [4.69, 9.17) is 0 Å². The highest BCUT2D eigenvalue weighted by molar-refractivity contribution is 5.86. The zero-order valence-electron chi connectivity index (χ0n) is 8.56. The summed E-state index contributed by atoms with van der Waals surface area (Å²) in [6, 6.07) is 14.3. The summed E-state index contributed by atoms with van der Waals surface area (Å²) in [5.41, 5.74) is 1.14. The van der Waals surface area contributed by atoms with Crippen LogP contribution in [0.5, 0.6) is 0 Å². The van der Waals surface area contributed by atoms with Gasteiger partial charge in [-0.2, -0.15) is 0 Å². The molecule has 1 heteroatoms. The molecule has 0 bridgehead atoms. The standard InChI is InChI=1S/C14H14O/c1-2-11(10-15)13-9-5-7-12-6-3-4-8-14(12)13/h2-9,11,15H,1,10H2. The summed E-state index contributed by atoms with van der Waals surface area (Å²) in [7, 11) is 0. The molecule has 76 valence electrons. The molecule has 0 aliphatic heterocycles. The van der Waals surface area contributed by atoms with Crippen LogP contribution in [0.1, 0.15) is 11.5 Å². The molecule has 15 heavy (non-hydrogen) atoms. The molecule has 0 radical (unpaired) electrons. The third-order valence-electron chi connectivity index (χ3n) is 2.70. The van der Waals surface area contributed by atoms with E-state index >= 15 is 0 Å². The van der Waals surface area contributed by atoms with Gasteiger partial charge in [0.2, 0.25) is 0 Å². The highest BCUT2D eigenvalue weighted by Gasteiger charge is 2.08. The van der Waals surface area contributed by atoms with Gasteiger partial charge in [0.15, 0.2) is 0 Å². The van der Waals surface area contributed by atoms with E-state index < -0.39 is 0 Å². The molecular formula is C14H14O. The number of fused-ring (bicyclic) bond motifs is 1. The van der Waals surface area contributed by atoms with Crippen molar-refractivity contribution in [2.75, 3.05) is 6.61 Å². The fourth-order valence-electron chi connectivity index (χ4n) is 1.87. The summed E-state index contributed by atoms with van der Waals surface area (Å²) in [4.78, 5) is 0. The molecule has 0 amide bonds. The normalized spacial score (nSPS) is 12.6. The molecule has 2 aromatic carbocycles. The Morgan fingerprint density at radius 1 is 1.13 bits per heavy atom. The van der Waals surface area contributed by atoms with Crippen LogP contribution < -0.4 is 0 Å². The van der Waals surface area contributed by atoms with Crippen LogP contribution in [0.15, 0.2) is 55.1 Å². The zero-order valence-corrected chi connectivity index (χ0v) is 8.56. The van der Waals surface area contributed by atoms with Crippen molar-refractivity contribution in [2.24, 2.45) is 0 Å². The highest BCUT2D eigenvalue weighted by Crippen LogP contribution is 2.25. The maximum absolute atomic E-state index is 9.27. The van der Waals surface area contributed by atoms with Gasteiger partial charge in [0.05, 0.1) is 6.61 Å². The van der Waals surface area contributed by atoms with Gasteiger partial charge in [0.1, 0.15) is 0 Å². The predicted octanol–water partition coefficient (Wildman–Crippen LogP) is 3.10. The van der Waals surface area contributed by atoms with Crippen LogP contribution in [-0.2, 0) is 0 Å². The second kappa shape index (κ2) is 4.28. The summed E-state index contributed by atoms with van der Waals surface area (Å²) >= 11 is 0. The lowest BCUT2D eigenvalue weighted by Gasteiger charge is -2.12. The van der Waals surface area contributed by atoms with Gasteiger partial charge in [-0.15, -0.1) is 6.58 Å². The first-order valence-electron chi connectivity index (χ1n) is 5.08. The summed E-state index contributed by atoms with van der Waals surface area (Å²) in [6.07, 6.45) is 1.79. The van der Waals surface area contributed by atoms with Crippen molar-refractivity contribution < 1.29 is 5.11 Å². The molecule has 0 aliphatic carbocycles. The van der Waals surface area contributed by atoms with Crippen molar-refractivity contribution in [3.05, 3.63) is 60.7 Å². The lowest BCUT2D eigenvalue weighted by Crippen LogP contribution is -2.00. The van der Waals surface area contributed by atoms with Crippen molar-refractivity contribution in [3.63, 3.8) is 0 Å². The second-order valence-electron chi connectivity index (χ2n) is 3.59. The summed E-state index contributed by atoms with van der Waals surface area (Å²) < 4.78 is 0. The lowest BCUT2D eigenvalue weighted by atomic mass is 9.94. The third-order valence-corrected chi connectivity index (χ3v) is 2.70. The van der Waals surface area contributed by atoms with Gasteiger partial charge in [0, 0.05) is 5.92 Å². The van der Waals surface area contributed by atoms with Crippen molar-refractivity contribution in [3.8, 4) is 0 Å². The second-order valence-corrected chi connectivity index (χ2v) is 3.59. The van der Waals surface area contributed by atoms with Crippen LogP contribution in [0.4, 0.5) is 0 Å². The van der Waals surface area contributed by atoms with Gasteiger partial charge in [-0.25, -0.2) is 0 Å². The quantitative estimate of drug-likeness (QED) is 0.751. The molecule has 1 atom stereocenters. The molecule has 1 unspecified atom stereocenters. The Morgan fingerprint density at radius 3 is 2.60 bits per heavy atom. The minimum Gasteiger partial charge on any atom is -0.395 e. The number of rotatable bonds is 3. The highest BCUT2D eigenvalue weighted by atomic mass is 16.3. The molecule has 0 saturated heterocycles. The number of benzene rings is 2. The molecule has 0 heterocycles. The van der Waals surface area contributed by atoms with E-state index in [1.165, 1.54) is 10.8 Å². The van der Waals surface area contributed by atoms with Gasteiger partial charge < -0.3 is 5.11 Å². The van der Waals surface area contributed by atoms with Crippen LogP contribution in [0.25, 0.3) is 10.8 Å². The molecule has 2 rings (SSSR count). The first-order valence-corrected chi connectivity index (χ1v) is 5.08. The molecule has 0 fully saturated rings. The number of hydrogen-bond donors (Lipinski definition) is 1.